The van der Waals surface area contributed by atoms with E-state index in [2.05, 4.69) is 42.0 Å². The second-order valence-electron chi connectivity index (χ2n) is 5.20. The van der Waals surface area contributed by atoms with Crippen LogP contribution in [0.25, 0.3) is 22.5 Å². The molecule has 0 radical (unpaired) electrons. The minimum Gasteiger partial charge on any atom is -0.443 e. The summed E-state index contributed by atoms with van der Waals surface area (Å²) in [5.74, 6) is 1.21. The second-order valence-corrected chi connectivity index (χ2v) is 5.20. The smallest absolute Gasteiger partial charge is 0.181 e. The molecule has 3 heteroatoms. The molecular formula is C18H18N2O. The summed E-state index contributed by atoms with van der Waals surface area (Å²) in [6, 6.07) is 12.4. The van der Waals surface area contributed by atoms with Gasteiger partial charge in [0.1, 0.15) is 0 Å². The molecule has 2 heterocycles. The first-order chi connectivity index (χ1) is 10.3. The zero-order valence-electron chi connectivity index (χ0n) is 12.3. The topological polar surface area (TPSA) is 38.9 Å². The fourth-order valence-corrected chi connectivity index (χ4v) is 2.35. The number of oxazole rings is 1. The van der Waals surface area contributed by atoms with Crippen molar-refractivity contribution in [3.05, 3.63) is 60.9 Å². The van der Waals surface area contributed by atoms with Crippen molar-refractivity contribution < 1.29 is 4.42 Å². The molecule has 1 aromatic carbocycles. The van der Waals surface area contributed by atoms with Crippen LogP contribution in [0, 0.1) is 0 Å². The van der Waals surface area contributed by atoms with Gasteiger partial charge in [-0.2, -0.15) is 0 Å². The molecule has 3 rings (SSSR count). The Kier molecular flexibility index (Phi) is 3.82. The summed E-state index contributed by atoms with van der Waals surface area (Å²) in [5, 5.41) is 0. The number of hydrogen-bond acceptors (Lipinski definition) is 3. The highest BCUT2D eigenvalue weighted by Gasteiger charge is 2.14. The molecule has 0 spiro atoms. The minimum absolute atomic E-state index is 0.427. The van der Waals surface area contributed by atoms with Crippen LogP contribution >= 0.6 is 0 Å². The summed E-state index contributed by atoms with van der Waals surface area (Å²) >= 11 is 0. The van der Waals surface area contributed by atoms with Gasteiger partial charge in [-0.25, -0.2) is 4.98 Å². The van der Waals surface area contributed by atoms with Crippen LogP contribution in [0.1, 0.15) is 31.9 Å². The van der Waals surface area contributed by atoms with E-state index >= 15 is 0 Å². The maximum atomic E-state index is 5.51. The lowest BCUT2D eigenvalue weighted by atomic mass is 9.96. The fraction of sp³-hybridized carbons (Fsp3) is 0.222. The van der Waals surface area contributed by atoms with Gasteiger partial charge in [0.05, 0.1) is 6.20 Å². The molecule has 0 aliphatic rings. The van der Waals surface area contributed by atoms with Gasteiger partial charge in [-0.1, -0.05) is 44.2 Å². The lowest BCUT2D eigenvalue weighted by molar-refractivity contribution is 0.571. The lowest BCUT2D eigenvalue weighted by Gasteiger charge is -2.13. The molecule has 0 N–H and O–H groups in total. The van der Waals surface area contributed by atoms with Crippen molar-refractivity contribution in [2.24, 2.45) is 0 Å². The Labute approximate surface area is 124 Å². The van der Waals surface area contributed by atoms with Crippen molar-refractivity contribution in [3.8, 4) is 22.5 Å². The van der Waals surface area contributed by atoms with Crippen LogP contribution in [0.15, 0.2) is 59.6 Å². The maximum Gasteiger partial charge on any atom is 0.181 e. The number of rotatable bonds is 4. The van der Waals surface area contributed by atoms with Gasteiger partial charge >= 0.3 is 0 Å². The first kappa shape index (κ1) is 13.6. The van der Waals surface area contributed by atoms with Crippen LogP contribution < -0.4 is 0 Å². The SMILES string of the molecule is CCC(C)c1cc(-c2cnco2)c(-c2ccccc2)cn1. The second kappa shape index (κ2) is 5.92. The Morgan fingerprint density at radius 3 is 2.57 bits per heavy atom. The first-order valence-corrected chi connectivity index (χ1v) is 7.23. The lowest BCUT2D eigenvalue weighted by Crippen LogP contribution is -1.97. The van der Waals surface area contributed by atoms with E-state index in [9.17, 15) is 0 Å². The van der Waals surface area contributed by atoms with Crippen LogP contribution in [-0.4, -0.2) is 9.97 Å². The summed E-state index contributed by atoms with van der Waals surface area (Å²) in [6.45, 7) is 4.36. The van der Waals surface area contributed by atoms with E-state index in [1.54, 1.807) is 6.20 Å². The van der Waals surface area contributed by atoms with E-state index in [-0.39, 0.29) is 0 Å². The molecule has 0 aliphatic carbocycles. The molecule has 0 saturated carbocycles. The fourth-order valence-electron chi connectivity index (χ4n) is 2.35. The first-order valence-electron chi connectivity index (χ1n) is 7.23. The molecule has 106 valence electrons. The van der Waals surface area contributed by atoms with Crippen molar-refractivity contribution in [1.82, 2.24) is 9.97 Å². The number of nitrogens with zero attached hydrogens (tertiary/aromatic N) is 2. The number of pyridine rings is 1. The highest BCUT2D eigenvalue weighted by molar-refractivity contribution is 5.80. The van der Waals surface area contributed by atoms with Gasteiger partial charge in [0.25, 0.3) is 0 Å². The molecule has 0 fully saturated rings. The van der Waals surface area contributed by atoms with Crippen LogP contribution in [0.2, 0.25) is 0 Å². The summed E-state index contributed by atoms with van der Waals surface area (Å²) < 4.78 is 5.51. The zero-order valence-corrected chi connectivity index (χ0v) is 12.3. The Bertz CT molecular complexity index is 705. The molecule has 1 atom stereocenters. The molecule has 2 aromatic heterocycles. The Hall–Kier alpha value is -2.42. The Morgan fingerprint density at radius 2 is 1.90 bits per heavy atom. The van der Waals surface area contributed by atoms with Gasteiger partial charge in [-0.15, -0.1) is 0 Å². The number of benzene rings is 1. The molecule has 3 nitrogen and oxygen atoms in total. The largest absolute Gasteiger partial charge is 0.443 e. The van der Waals surface area contributed by atoms with Gasteiger partial charge in [-0.3, -0.25) is 4.98 Å². The van der Waals surface area contributed by atoms with Gasteiger partial charge in [0.15, 0.2) is 12.2 Å². The van der Waals surface area contributed by atoms with E-state index in [1.165, 1.54) is 6.39 Å². The maximum absolute atomic E-state index is 5.51. The van der Waals surface area contributed by atoms with Crippen LogP contribution in [0.5, 0.6) is 0 Å². The highest BCUT2D eigenvalue weighted by atomic mass is 16.3. The van der Waals surface area contributed by atoms with E-state index in [1.807, 2.05) is 24.4 Å². The van der Waals surface area contributed by atoms with Crippen molar-refractivity contribution in [2.75, 3.05) is 0 Å². The van der Waals surface area contributed by atoms with Crippen LogP contribution in [0.4, 0.5) is 0 Å². The molecule has 0 bridgehead atoms. The van der Waals surface area contributed by atoms with Gasteiger partial charge in [-0.05, 0) is 24.0 Å². The van der Waals surface area contributed by atoms with Gasteiger partial charge < -0.3 is 4.42 Å². The van der Waals surface area contributed by atoms with Gasteiger partial charge in [0.2, 0.25) is 0 Å². The van der Waals surface area contributed by atoms with E-state index in [4.69, 9.17) is 4.42 Å². The quantitative estimate of drug-likeness (QED) is 0.680. The predicted molar refractivity (Wildman–Crippen MR) is 83.9 cm³/mol. The summed E-state index contributed by atoms with van der Waals surface area (Å²) in [6.07, 6.45) is 6.22. The van der Waals surface area contributed by atoms with Crippen molar-refractivity contribution in [2.45, 2.75) is 26.2 Å². The molecule has 0 saturated heterocycles. The molecule has 0 aliphatic heterocycles. The van der Waals surface area contributed by atoms with Crippen molar-refractivity contribution >= 4 is 0 Å². The van der Waals surface area contributed by atoms with E-state index < -0.39 is 0 Å². The van der Waals surface area contributed by atoms with Gasteiger partial charge in [0, 0.05) is 23.0 Å². The van der Waals surface area contributed by atoms with Crippen LogP contribution in [-0.2, 0) is 0 Å². The van der Waals surface area contributed by atoms with E-state index in [0.29, 0.717) is 5.92 Å². The average molecular weight is 278 g/mol. The predicted octanol–water partition coefficient (Wildman–Crippen LogP) is 4.92. The third-order valence-corrected chi connectivity index (χ3v) is 3.82. The third kappa shape index (κ3) is 2.72. The Morgan fingerprint density at radius 1 is 1.10 bits per heavy atom. The minimum atomic E-state index is 0.427. The monoisotopic (exact) mass is 278 g/mol. The molecule has 0 amide bonds. The van der Waals surface area contributed by atoms with E-state index in [0.717, 1.165) is 34.6 Å². The summed E-state index contributed by atoms with van der Waals surface area (Å²) in [7, 11) is 0. The highest BCUT2D eigenvalue weighted by Crippen LogP contribution is 2.33. The average Bonchev–Trinajstić information content (AvgIpc) is 3.09. The molecule has 1 unspecified atom stereocenters. The molecular weight excluding hydrogens is 260 g/mol. The van der Waals surface area contributed by atoms with Crippen molar-refractivity contribution in [1.29, 1.82) is 0 Å². The zero-order chi connectivity index (χ0) is 14.7. The summed E-state index contributed by atoms with van der Waals surface area (Å²) in [5.41, 5.74) is 4.33. The third-order valence-electron chi connectivity index (χ3n) is 3.82. The number of hydrogen-bond donors (Lipinski definition) is 0. The number of aromatic nitrogens is 2. The normalized spacial score (nSPS) is 12.3. The standard InChI is InChI=1S/C18H18N2O/c1-3-13(2)17-9-15(18-11-19-12-21-18)16(10-20-17)14-7-5-4-6-8-14/h4-13H,3H2,1-2H3. The molecule has 21 heavy (non-hydrogen) atoms. The molecule has 3 aromatic rings. The Balaban J connectivity index is 2.16. The van der Waals surface area contributed by atoms with Crippen molar-refractivity contribution in [3.63, 3.8) is 0 Å². The van der Waals surface area contributed by atoms with Crippen LogP contribution in [0.3, 0.4) is 0 Å². The summed E-state index contributed by atoms with van der Waals surface area (Å²) in [4.78, 5) is 8.68.